The highest BCUT2D eigenvalue weighted by Gasteiger charge is 2.01. The van der Waals surface area contributed by atoms with E-state index in [4.69, 9.17) is 16.7 Å². The number of aromatic nitrogens is 3. The molecule has 15 heavy (non-hydrogen) atoms. The number of hydrogen-bond acceptors (Lipinski definition) is 4. The summed E-state index contributed by atoms with van der Waals surface area (Å²) >= 11 is 5.72. The fourth-order valence-corrected chi connectivity index (χ4v) is 1.30. The van der Waals surface area contributed by atoms with E-state index in [1.54, 1.807) is 18.5 Å². The summed E-state index contributed by atoms with van der Waals surface area (Å²) in [5.74, 6) is 0. The zero-order valence-corrected chi connectivity index (χ0v) is 8.52. The third kappa shape index (κ3) is 2.29. The molecular weight excluding hydrogens is 214 g/mol. The van der Waals surface area contributed by atoms with Crippen molar-refractivity contribution in [2.24, 2.45) is 0 Å². The molecule has 2 aromatic rings. The SMILES string of the molecule is OCc1ccc(-c2cncc(Cl)n2)cn1. The summed E-state index contributed by atoms with van der Waals surface area (Å²) in [5.41, 5.74) is 2.11. The van der Waals surface area contributed by atoms with E-state index >= 15 is 0 Å². The van der Waals surface area contributed by atoms with E-state index < -0.39 is 0 Å². The molecule has 1 N–H and O–H groups in total. The number of aliphatic hydroxyl groups is 1. The molecule has 0 fully saturated rings. The lowest BCUT2D eigenvalue weighted by Gasteiger charge is -2.00. The van der Waals surface area contributed by atoms with Gasteiger partial charge in [-0.05, 0) is 12.1 Å². The van der Waals surface area contributed by atoms with E-state index in [0.717, 1.165) is 5.56 Å². The summed E-state index contributed by atoms with van der Waals surface area (Å²) in [6, 6.07) is 3.55. The van der Waals surface area contributed by atoms with Crippen molar-refractivity contribution >= 4 is 11.6 Å². The van der Waals surface area contributed by atoms with Crippen LogP contribution in [0.4, 0.5) is 0 Å². The van der Waals surface area contributed by atoms with Crippen molar-refractivity contribution in [1.29, 1.82) is 0 Å². The van der Waals surface area contributed by atoms with Gasteiger partial charge in [0.05, 0.1) is 30.4 Å². The number of hydrogen-bond donors (Lipinski definition) is 1. The van der Waals surface area contributed by atoms with Crippen LogP contribution in [0, 0.1) is 0 Å². The highest BCUT2D eigenvalue weighted by atomic mass is 35.5. The van der Waals surface area contributed by atoms with Crippen molar-refractivity contribution < 1.29 is 5.11 Å². The number of pyridine rings is 1. The van der Waals surface area contributed by atoms with Gasteiger partial charge in [-0.25, -0.2) is 4.98 Å². The van der Waals surface area contributed by atoms with Crippen molar-refractivity contribution in [3.8, 4) is 11.3 Å². The molecule has 0 aliphatic rings. The van der Waals surface area contributed by atoms with Crippen LogP contribution in [0.2, 0.25) is 5.15 Å². The van der Waals surface area contributed by atoms with Gasteiger partial charge in [-0.15, -0.1) is 0 Å². The molecule has 76 valence electrons. The fraction of sp³-hybridized carbons (Fsp3) is 0.100. The quantitative estimate of drug-likeness (QED) is 0.838. The molecule has 0 atom stereocenters. The van der Waals surface area contributed by atoms with Gasteiger partial charge in [0.2, 0.25) is 0 Å². The minimum Gasteiger partial charge on any atom is -0.390 e. The van der Waals surface area contributed by atoms with Crippen LogP contribution in [0.15, 0.2) is 30.7 Å². The summed E-state index contributed by atoms with van der Waals surface area (Å²) in [6.07, 6.45) is 4.72. The fourth-order valence-electron chi connectivity index (χ4n) is 1.15. The van der Waals surface area contributed by atoms with Crippen LogP contribution < -0.4 is 0 Å². The molecule has 0 radical (unpaired) electrons. The number of nitrogens with zero attached hydrogens (tertiary/aromatic N) is 3. The molecule has 0 unspecified atom stereocenters. The molecule has 0 aliphatic carbocycles. The summed E-state index contributed by atoms with van der Waals surface area (Å²) in [4.78, 5) is 12.1. The van der Waals surface area contributed by atoms with Crippen LogP contribution in [0.25, 0.3) is 11.3 Å². The molecule has 0 saturated heterocycles. The smallest absolute Gasteiger partial charge is 0.148 e. The van der Waals surface area contributed by atoms with Crippen LogP contribution >= 0.6 is 11.6 Å². The highest BCUT2D eigenvalue weighted by Crippen LogP contribution is 2.16. The maximum atomic E-state index is 8.83. The highest BCUT2D eigenvalue weighted by molar-refractivity contribution is 6.29. The van der Waals surface area contributed by atoms with E-state index in [-0.39, 0.29) is 6.61 Å². The zero-order valence-electron chi connectivity index (χ0n) is 7.76. The van der Waals surface area contributed by atoms with E-state index in [9.17, 15) is 0 Å². The second-order valence-electron chi connectivity index (χ2n) is 2.92. The average Bonchev–Trinajstić information content (AvgIpc) is 2.29. The molecule has 4 nitrogen and oxygen atoms in total. The summed E-state index contributed by atoms with van der Waals surface area (Å²) in [7, 11) is 0. The van der Waals surface area contributed by atoms with Crippen molar-refractivity contribution in [2.75, 3.05) is 0 Å². The van der Waals surface area contributed by atoms with Gasteiger partial charge >= 0.3 is 0 Å². The summed E-state index contributed by atoms with van der Waals surface area (Å²) < 4.78 is 0. The molecule has 2 aromatic heterocycles. The lowest BCUT2D eigenvalue weighted by molar-refractivity contribution is 0.277. The van der Waals surface area contributed by atoms with Crippen molar-refractivity contribution in [3.05, 3.63) is 41.6 Å². The van der Waals surface area contributed by atoms with Crippen LogP contribution in [0.5, 0.6) is 0 Å². The Morgan fingerprint density at radius 2 is 2.07 bits per heavy atom. The Kier molecular flexibility index (Phi) is 2.89. The van der Waals surface area contributed by atoms with E-state index in [2.05, 4.69) is 15.0 Å². The molecule has 0 saturated carbocycles. The standard InChI is InChI=1S/C10H8ClN3O/c11-10-5-12-4-9(14-10)7-1-2-8(6-15)13-3-7/h1-5,15H,6H2. The predicted molar refractivity (Wildman–Crippen MR) is 56.2 cm³/mol. The van der Waals surface area contributed by atoms with Gasteiger partial charge in [0.25, 0.3) is 0 Å². The Labute approximate surface area is 91.6 Å². The Bertz CT molecular complexity index is 458. The third-order valence-electron chi connectivity index (χ3n) is 1.89. The molecule has 0 amide bonds. The second-order valence-corrected chi connectivity index (χ2v) is 3.31. The van der Waals surface area contributed by atoms with Gasteiger partial charge in [-0.3, -0.25) is 9.97 Å². The van der Waals surface area contributed by atoms with Crippen LogP contribution in [-0.2, 0) is 6.61 Å². The number of halogens is 1. The van der Waals surface area contributed by atoms with Crippen LogP contribution in [-0.4, -0.2) is 20.1 Å². The predicted octanol–water partition coefficient (Wildman–Crippen LogP) is 1.68. The first kappa shape index (κ1) is 10.0. The Balaban J connectivity index is 2.37. The molecule has 2 heterocycles. The molecule has 5 heteroatoms. The molecule has 0 spiro atoms. The molecule has 0 aromatic carbocycles. The topological polar surface area (TPSA) is 58.9 Å². The van der Waals surface area contributed by atoms with Crippen LogP contribution in [0.1, 0.15) is 5.69 Å². The normalized spacial score (nSPS) is 10.3. The van der Waals surface area contributed by atoms with Gasteiger partial charge in [-0.2, -0.15) is 0 Å². The monoisotopic (exact) mass is 221 g/mol. The minimum atomic E-state index is -0.0680. The lowest BCUT2D eigenvalue weighted by atomic mass is 10.2. The minimum absolute atomic E-state index is 0.0680. The van der Waals surface area contributed by atoms with Gasteiger partial charge in [0.15, 0.2) is 0 Å². The zero-order chi connectivity index (χ0) is 10.7. The van der Waals surface area contributed by atoms with Crippen molar-refractivity contribution in [2.45, 2.75) is 6.61 Å². The Morgan fingerprint density at radius 3 is 2.67 bits per heavy atom. The van der Waals surface area contributed by atoms with Crippen LogP contribution in [0.3, 0.4) is 0 Å². The largest absolute Gasteiger partial charge is 0.390 e. The van der Waals surface area contributed by atoms with Gasteiger partial charge in [-0.1, -0.05) is 11.6 Å². The van der Waals surface area contributed by atoms with E-state index in [0.29, 0.717) is 16.5 Å². The first-order chi connectivity index (χ1) is 7.29. The first-order valence-corrected chi connectivity index (χ1v) is 4.71. The molecule has 0 bridgehead atoms. The molecule has 0 aliphatic heterocycles. The first-order valence-electron chi connectivity index (χ1n) is 4.33. The molecule has 2 rings (SSSR count). The van der Waals surface area contributed by atoms with E-state index in [1.807, 2.05) is 6.07 Å². The van der Waals surface area contributed by atoms with Crippen molar-refractivity contribution in [1.82, 2.24) is 15.0 Å². The number of rotatable bonds is 2. The Hall–Kier alpha value is -1.52. The van der Waals surface area contributed by atoms with Gasteiger partial charge < -0.3 is 5.11 Å². The number of aliphatic hydroxyl groups excluding tert-OH is 1. The van der Waals surface area contributed by atoms with Gasteiger partial charge in [0.1, 0.15) is 5.15 Å². The second kappa shape index (κ2) is 4.33. The molecular formula is C10H8ClN3O. The van der Waals surface area contributed by atoms with Crippen molar-refractivity contribution in [3.63, 3.8) is 0 Å². The Morgan fingerprint density at radius 1 is 1.20 bits per heavy atom. The maximum absolute atomic E-state index is 8.83. The third-order valence-corrected chi connectivity index (χ3v) is 2.07. The van der Waals surface area contributed by atoms with E-state index in [1.165, 1.54) is 6.20 Å². The van der Waals surface area contributed by atoms with Gasteiger partial charge in [0, 0.05) is 11.8 Å². The maximum Gasteiger partial charge on any atom is 0.148 e. The average molecular weight is 222 g/mol. The summed E-state index contributed by atoms with van der Waals surface area (Å²) in [5, 5.41) is 9.18. The lowest BCUT2D eigenvalue weighted by Crippen LogP contribution is -1.91. The summed E-state index contributed by atoms with van der Waals surface area (Å²) in [6.45, 7) is -0.0680.